The van der Waals surface area contributed by atoms with E-state index >= 15 is 0 Å². The van der Waals surface area contributed by atoms with E-state index in [4.69, 9.17) is 44.3 Å². The van der Waals surface area contributed by atoms with Gasteiger partial charge in [-0.2, -0.15) is 4.31 Å². The van der Waals surface area contributed by atoms with Gasteiger partial charge in [0.05, 0.1) is 33.7 Å². The molecule has 0 bridgehead atoms. The molecule has 0 aromatic heterocycles. The van der Waals surface area contributed by atoms with Crippen LogP contribution in [0.5, 0.6) is 0 Å². The maximum absolute atomic E-state index is 12.8. The lowest BCUT2D eigenvalue weighted by Gasteiger charge is -2.26. The average Bonchev–Trinajstić information content (AvgIpc) is 2.72. The molecule has 1 saturated heterocycles. The number of morpholine rings is 1. The zero-order valence-corrected chi connectivity index (χ0v) is 18.5. The van der Waals surface area contributed by atoms with Crippen molar-refractivity contribution in [2.45, 2.75) is 4.90 Å². The first-order valence-corrected chi connectivity index (χ1v) is 11.3. The molecule has 7 nitrogen and oxygen atoms in total. The highest BCUT2D eigenvalue weighted by atomic mass is 35.5. The summed E-state index contributed by atoms with van der Waals surface area (Å²) in [5.41, 5.74) is -0.0235. The van der Waals surface area contributed by atoms with Crippen LogP contribution in [0.15, 0.2) is 41.3 Å². The molecule has 2 aromatic rings. The third kappa shape index (κ3) is 5.14. The van der Waals surface area contributed by atoms with Crippen molar-refractivity contribution >= 4 is 56.6 Å². The van der Waals surface area contributed by atoms with Gasteiger partial charge in [0.25, 0.3) is 0 Å². The van der Waals surface area contributed by atoms with E-state index in [1.165, 1.54) is 34.6 Å². The van der Waals surface area contributed by atoms with E-state index in [9.17, 15) is 18.0 Å². The van der Waals surface area contributed by atoms with Crippen LogP contribution >= 0.6 is 34.8 Å². The van der Waals surface area contributed by atoms with Gasteiger partial charge in [-0.3, -0.25) is 4.79 Å². The Labute approximate surface area is 188 Å². The molecule has 0 radical (unpaired) electrons. The molecule has 0 spiro atoms. The van der Waals surface area contributed by atoms with Crippen molar-refractivity contribution in [2.75, 3.05) is 32.9 Å². The highest BCUT2D eigenvalue weighted by molar-refractivity contribution is 7.89. The molecule has 0 amide bonds. The Morgan fingerprint density at radius 3 is 2.33 bits per heavy atom. The molecule has 2 aromatic carbocycles. The number of hydrogen-bond acceptors (Lipinski definition) is 6. The van der Waals surface area contributed by atoms with E-state index < -0.39 is 28.4 Å². The lowest BCUT2D eigenvalue weighted by molar-refractivity contribution is 0.0474. The van der Waals surface area contributed by atoms with Crippen LogP contribution in [0, 0.1) is 0 Å². The molecule has 1 fully saturated rings. The van der Waals surface area contributed by atoms with Gasteiger partial charge < -0.3 is 9.47 Å². The van der Waals surface area contributed by atoms with Crippen molar-refractivity contribution in [1.29, 1.82) is 0 Å². The fourth-order valence-corrected chi connectivity index (χ4v) is 4.90. The first-order chi connectivity index (χ1) is 14.2. The van der Waals surface area contributed by atoms with Crippen molar-refractivity contribution in [3.63, 3.8) is 0 Å². The van der Waals surface area contributed by atoms with E-state index in [0.29, 0.717) is 5.02 Å². The monoisotopic (exact) mass is 491 g/mol. The number of rotatable bonds is 6. The number of Topliss-reactive ketones (excluding diaryl/α,β-unsaturated/α-hetero) is 1. The SMILES string of the molecule is O=C(COC(=O)c1cc(S(=O)(=O)N2CCOCC2)ccc1Cl)c1ccc(Cl)cc1Cl. The van der Waals surface area contributed by atoms with Crippen molar-refractivity contribution in [2.24, 2.45) is 0 Å². The van der Waals surface area contributed by atoms with Crippen molar-refractivity contribution in [3.05, 3.63) is 62.6 Å². The summed E-state index contributed by atoms with van der Waals surface area (Å²) in [6.45, 7) is 0.396. The summed E-state index contributed by atoms with van der Waals surface area (Å²) < 4.78 is 37.0. The molecule has 0 atom stereocenters. The van der Waals surface area contributed by atoms with E-state index in [0.717, 1.165) is 6.07 Å². The third-order valence-electron chi connectivity index (χ3n) is 4.33. The standard InChI is InChI=1S/C19H16Cl3NO6S/c20-12-1-3-14(17(22)9-12)18(24)11-29-19(25)15-10-13(2-4-16(15)21)30(26,27)23-5-7-28-8-6-23/h1-4,9-10H,5-8,11H2. The van der Waals surface area contributed by atoms with Crippen molar-refractivity contribution < 1.29 is 27.5 Å². The smallest absolute Gasteiger partial charge is 0.340 e. The van der Waals surface area contributed by atoms with Crippen LogP contribution in [0.25, 0.3) is 0 Å². The lowest BCUT2D eigenvalue weighted by Crippen LogP contribution is -2.40. The van der Waals surface area contributed by atoms with Gasteiger partial charge >= 0.3 is 5.97 Å². The molecule has 0 unspecified atom stereocenters. The van der Waals surface area contributed by atoms with E-state index in [-0.39, 0.29) is 52.4 Å². The lowest BCUT2D eigenvalue weighted by atomic mass is 10.1. The number of nitrogens with zero attached hydrogens (tertiary/aromatic N) is 1. The summed E-state index contributed by atoms with van der Waals surface area (Å²) in [4.78, 5) is 24.6. The fourth-order valence-electron chi connectivity index (χ4n) is 2.76. The molecule has 0 saturated carbocycles. The Kier molecular flexibility index (Phi) is 7.38. The van der Waals surface area contributed by atoms with E-state index in [2.05, 4.69) is 0 Å². The zero-order valence-electron chi connectivity index (χ0n) is 15.4. The Hall–Kier alpha value is -1.68. The van der Waals surface area contributed by atoms with Gasteiger partial charge in [0.2, 0.25) is 15.8 Å². The van der Waals surface area contributed by atoms with Gasteiger partial charge in [-0.05, 0) is 36.4 Å². The summed E-state index contributed by atoms with van der Waals surface area (Å²) >= 11 is 17.8. The first kappa shape index (κ1) is 23.0. The van der Waals surface area contributed by atoms with Gasteiger partial charge in [0.1, 0.15) is 0 Å². The maximum atomic E-state index is 12.8. The number of benzene rings is 2. The second kappa shape index (κ2) is 9.64. The van der Waals surface area contributed by atoms with Crippen molar-refractivity contribution in [3.8, 4) is 0 Å². The topological polar surface area (TPSA) is 90.0 Å². The second-order valence-corrected chi connectivity index (χ2v) is 9.47. The minimum Gasteiger partial charge on any atom is -0.454 e. The molecule has 1 heterocycles. The molecule has 1 aliphatic heterocycles. The van der Waals surface area contributed by atoms with Gasteiger partial charge in [0, 0.05) is 23.7 Å². The van der Waals surface area contributed by atoms with E-state index in [1.54, 1.807) is 0 Å². The van der Waals surface area contributed by atoms with Gasteiger partial charge in [-0.25, -0.2) is 13.2 Å². The summed E-state index contributed by atoms with van der Waals surface area (Å²) in [6, 6.07) is 8.04. The molecule has 1 aliphatic rings. The molecular formula is C19H16Cl3NO6S. The summed E-state index contributed by atoms with van der Waals surface area (Å²) in [5, 5.41) is 0.483. The van der Waals surface area contributed by atoms with Crippen LogP contribution in [0.2, 0.25) is 15.1 Å². The number of ether oxygens (including phenoxy) is 2. The summed E-state index contributed by atoms with van der Waals surface area (Å²) in [5.74, 6) is -1.48. The molecule has 0 N–H and O–H groups in total. The van der Waals surface area contributed by atoms with Crippen LogP contribution in [-0.2, 0) is 19.5 Å². The molecule has 11 heteroatoms. The number of sulfonamides is 1. The number of hydrogen-bond donors (Lipinski definition) is 0. The third-order valence-corrected chi connectivity index (χ3v) is 7.10. The Balaban J connectivity index is 1.76. The molecular weight excluding hydrogens is 477 g/mol. The minimum atomic E-state index is -3.83. The quantitative estimate of drug-likeness (QED) is 0.451. The predicted molar refractivity (Wildman–Crippen MR) is 112 cm³/mol. The van der Waals surface area contributed by atoms with Crippen LogP contribution in [-0.4, -0.2) is 57.4 Å². The number of carbonyl (C=O) groups is 2. The van der Waals surface area contributed by atoms with Gasteiger partial charge in [-0.15, -0.1) is 0 Å². The van der Waals surface area contributed by atoms with Crippen LogP contribution in [0.1, 0.15) is 20.7 Å². The Morgan fingerprint density at radius 1 is 0.967 bits per heavy atom. The number of esters is 1. The van der Waals surface area contributed by atoms with Crippen LogP contribution in [0.4, 0.5) is 0 Å². The molecule has 30 heavy (non-hydrogen) atoms. The van der Waals surface area contributed by atoms with Gasteiger partial charge in [0.15, 0.2) is 6.61 Å². The second-order valence-electron chi connectivity index (χ2n) is 6.28. The molecule has 160 valence electrons. The zero-order chi connectivity index (χ0) is 21.9. The average molecular weight is 493 g/mol. The molecule has 0 aliphatic carbocycles. The van der Waals surface area contributed by atoms with E-state index in [1.807, 2.05) is 0 Å². The summed E-state index contributed by atoms with van der Waals surface area (Å²) in [7, 11) is -3.83. The number of halogens is 3. The predicted octanol–water partition coefficient (Wildman–Crippen LogP) is 3.71. The summed E-state index contributed by atoms with van der Waals surface area (Å²) in [6.07, 6.45) is 0. The van der Waals surface area contributed by atoms with Crippen LogP contribution < -0.4 is 0 Å². The Bertz CT molecular complexity index is 1080. The first-order valence-electron chi connectivity index (χ1n) is 8.73. The highest BCUT2D eigenvalue weighted by Crippen LogP contribution is 2.25. The number of carbonyl (C=O) groups excluding carboxylic acids is 2. The number of ketones is 1. The highest BCUT2D eigenvalue weighted by Gasteiger charge is 2.28. The fraction of sp³-hybridized carbons (Fsp3) is 0.263. The Morgan fingerprint density at radius 2 is 1.67 bits per heavy atom. The normalized spacial score (nSPS) is 15.0. The van der Waals surface area contributed by atoms with Crippen molar-refractivity contribution in [1.82, 2.24) is 4.31 Å². The largest absolute Gasteiger partial charge is 0.454 e. The van der Waals surface area contributed by atoms with Gasteiger partial charge in [-0.1, -0.05) is 34.8 Å². The van der Waals surface area contributed by atoms with Crippen LogP contribution in [0.3, 0.4) is 0 Å². The molecule has 3 rings (SSSR count). The minimum absolute atomic E-state index is 0.00194. The maximum Gasteiger partial charge on any atom is 0.340 e.